The van der Waals surface area contributed by atoms with Crippen molar-refractivity contribution in [3.05, 3.63) is 0 Å². The van der Waals surface area contributed by atoms with E-state index in [9.17, 15) is 0 Å². The van der Waals surface area contributed by atoms with Crippen molar-refractivity contribution < 1.29 is 0 Å². The molecule has 0 aliphatic rings. The van der Waals surface area contributed by atoms with Crippen molar-refractivity contribution >= 4 is 19.8 Å². The largest absolute Gasteiger partial charge is 0.162 e. The molecule has 0 saturated heterocycles. The second-order valence-electron chi connectivity index (χ2n) is 8.72. The predicted octanol–water partition coefficient (Wildman–Crippen LogP) is 8.08. The number of hydrogen-bond donors (Lipinski definition) is 0. The normalized spacial score (nSPS) is 12.1. The van der Waals surface area contributed by atoms with Gasteiger partial charge in [0.1, 0.15) is 8.07 Å². The molecule has 0 aliphatic heterocycles. The molecule has 2 heteroatoms. The average molecular weight is 369 g/mol. The molecule has 0 rings (SSSR count). The van der Waals surface area contributed by atoms with Crippen LogP contribution in [0.25, 0.3) is 0 Å². The Morgan fingerprint density at radius 2 is 1.25 bits per heavy atom. The Morgan fingerprint density at radius 1 is 0.750 bits per heavy atom. The minimum Gasteiger partial charge on any atom is -0.162 e. The second-order valence-corrected chi connectivity index (χ2v) is 14.9. The summed E-state index contributed by atoms with van der Waals surface area (Å²) in [4.78, 5) is 0. The fourth-order valence-electron chi connectivity index (χ4n) is 2.37. The first kappa shape index (κ1) is 24.1. The van der Waals surface area contributed by atoms with E-state index in [1.165, 1.54) is 75.7 Å². The molecule has 0 bridgehead atoms. The number of thioether (sulfide) groups is 1. The van der Waals surface area contributed by atoms with Crippen LogP contribution in [-0.2, 0) is 0 Å². The molecule has 0 N–H and O–H groups in total. The van der Waals surface area contributed by atoms with Crippen LogP contribution in [0.5, 0.6) is 0 Å². The summed E-state index contributed by atoms with van der Waals surface area (Å²) >= 11 is 2.13. The number of unbranched alkanes of at least 4 members (excludes halogenated alkanes) is 9. The maximum absolute atomic E-state index is 3.63. The van der Waals surface area contributed by atoms with Crippen molar-refractivity contribution in [2.75, 3.05) is 11.5 Å². The van der Waals surface area contributed by atoms with E-state index in [1.54, 1.807) is 0 Å². The zero-order chi connectivity index (χ0) is 18.3. The molecule has 24 heavy (non-hydrogen) atoms. The molecule has 142 valence electrons. The zero-order valence-corrected chi connectivity index (χ0v) is 19.4. The zero-order valence-electron chi connectivity index (χ0n) is 17.6. The van der Waals surface area contributed by atoms with Crippen molar-refractivity contribution in [2.24, 2.45) is 0 Å². The quantitative estimate of drug-likeness (QED) is 0.180. The summed E-state index contributed by atoms with van der Waals surface area (Å²) in [6.07, 6.45) is 15.2. The first-order valence-corrected chi connectivity index (χ1v) is 14.5. The van der Waals surface area contributed by atoms with Crippen molar-refractivity contribution in [3.8, 4) is 11.5 Å². The lowest BCUT2D eigenvalue weighted by Gasteiger charge is -2.31. The molecule has 0 heterocycles. The molecule has 0 saturated carbocycles. The second kappa shape index (κ2) is 14.3. The number of rotatable bonds is 13. The van der Waals surface area contributed by atoms with E-state index < -0.39 is 8.07 Å². The van der Waals surface area contributed by atoms with Crippen LogP contribution in [-0.4, -0.2) is 19.6 Å². The highest BCUT2D eigenvalue weighted by Gasteiger charge is 2.33. The molecule has 0 aromatic heterocycles. The third-order valence-electron chi connectivity index (χ3n) is 5.21. The molecule has 0 aromatic rings. The molecular formula is C22H44SSi. The van der Waals surface area contributed by atoms with Crippen LogP contribution in [0.2, 0.25) is 18.1 Å². The van der Waals surface area contributed by atoms with Crippen molar-refractivity contribution in [2.45, 2.75) is 116 Å². The van der Waals surface area contributed by atoms with Crippen molar-refractivity contribution in [1.29, 1.82) is 0 Å². The Balaban J connectivity index is 3.38. The summed E-state index contributed by atoms with van der Waals surface area (Å²) in [7, 11) is -1.37. The first-order valence-electron chi connectivity index (χ1n) is 10.4. The molecule has 0 atom stereocenters. The summed E-state index contributed by atoms with van der Waals surface area (Å²) in [6, 6.07) is 0. The Hall–Kier alpha value is 0.127. The lowest BCUT2D eigenvalue weighted by Crippen LogP contribution is -2.35. The molecular weight excluding hydrogens is 324 g/mol. The molecule has 0 radical (unpaired) electrons. The van der Waals surface area contributed by atoms with E-state index in [2.05, 4.69) is 64.0 Å². The monoisotopic (exact) mass is 368 g/mol. The van der Waals surface area contributed by atoms with Gasteiger partial charge in [-0.1, -0.05) is 85.7 Å². The third-order valence-corrected chi connectivity index (χ3v) is 11.0. The lowest BCUT2D eigenvalue weighted by atomic mass is 10.1. The van der Waals surface area contributed by atoms with Crippen LogP contribution in [0.3, 0.4) is 0 Å². The maximum atomic E-state index is 3.63. The van der Waals surface area contributed by atoms with E-state index >= 15 is 0 Å². The summed E-state index contributed by atoms with van der Waals surface area (Å²) in [6.45, 7) is 14.1. The average Bonchev–Trinajstić information content (AvgIpc) is 2.50. The van der Waals surface area contributed by atoms with Gasteiger partial charge in [0.05, 0.1) is 0 Å². The lowest BCUT2D eigenvalue weighted by molar-refractivity contribution is 0.568. The van der Waals surface area contributed by atoms with Crippen LogP contribution >= 0.6 is 11.8 Å². The van der Waals surface area contributed by atoms with E-state index in [-0.39, 0.29) is 0 Å². The van der Waals surface area contributed by atoms with Gasteiger partial charge < -0.3 is 0 Å². The van der Waals surface area contributed by atoms with Crippen LogP contribution < -0.4 is 0 Å². The van der Waals surface area contributed by atoms with Crippen LogP contribution in [0.1, 0.15) is 98.3 Å². The summed E-state index contributed by atoms with van der Waals surface area (Å²) < 4.78 is 0. The Kier molecular flexibility index (Phi) is 14.4. The smallest absolute Gasteiger partial charge is 0.137 e. The van der Waals surface area contributed by atoms with Gasteiger partial charge in [0.2, 0.25) is 0 Å². The van der Waals surface area contributed by atoms with E-state index in [1.807, 2.05) is 0 Å². The summed E-state index contributed by atoms with van der Waals surface area (Å²) in [5.41, 5.74) is 3.63. The van der Waals surface area contributed by atoms with Crippen molar-refractivity contribution in [1.82, 2.24) is 0 Å². The summed E-state index contributed by atoms with van der Waals surface area (Å²) in [5.74, 6) is 6.21. The Morgan fingerprint density at radius 3 is 1.75 bits per heavy atom. The van der Waals surface area contributed by atoms with Gasteiger partial charge in [-0.15, -0.1) is 11.5 Å². The van der Waals surface area contributed by atoms with Gasteiger partial charge >= 0.3 is 0 Å². The highest BCUT2D eigenvalue weighted by atomic mass is 32.2. The van der Waals surface area contributed by atoms with Gasteiger partial charge in [-0.2, -0.15) is 11.8 Å². The Labute approximate surface area is 159 Å². The van der Waals surface area contributed by atoms with Crippen molar-refractivity contribution in [3.63, 3.8) is 0 Å². The fraction of sp³-hybridized carbons (Fsp3) is 0.909. The van der Waals surface area contributed by atoms with Gasteiger partial charge in [-0.05, 0) is 35.8 Å². The molecule has 0 amide bonds. The fourth-order valence-corrected chi connectivity index (χ4v) is 4.22. The predicted molar refractivity (Wildman–Crippen MR) is 119 cm³/mol. The molecule has 0 spiro atoms. The van der Waals surface area contributed by atoms with Gasteiger partial charge in [0, 0.05) is 6.42 Å². The molecule has 0 aliphatic carbocycles. The third kappa shape index (κ3) is 13.4. The Bertz CT molecular complexity index is 343. The SMILES string of the molecule is CCCSCCCCCCCCCCCC#C[Si](C)(C)C(C)(C)C. The minimum atomic E-state index is -1.37. The standard InChI is InChI=1S/C22H44SSi/c1-7-19-23-20-17-15-13-11-9-8-10-12-14-16-18-21-24(5,6)22(2,3)4/h7-17,19-20H2,1-6H3. The van der Waals surface area contributed by atoms with Gasteiger partial charge in [-0.25, -0.2) is 0 Å². The van der Waals surface area contributed by atoms with Gasteiger partial charge in [0.15, 0.2) is 0 Å². The van der Waals surface area contributed by atoms with Crippen LogP contribution in [0.4, 0.5) is 0 Å². The van der Waals surface area contributed by atoms with E-state index in [0.29, 0.717) is 5.04 Å². The van der Waals surface area contributed by atoms with Gasteiger partial charge in [-0.3, -0.25) is 0 Å². The topological polar surface area (TPSA) is 0 Å². The van der Waals surface area contributed by atoms with Crippen LogP contribution in [0.15, 0.2) is 0 Å². The highest BCUT2D eigenvalue weighted by Crippen LogP contribution is 2.35. The molecule has 0 fully saturated rings. The molecule has 0 nitrogen and oxygen atoms in total. The maximum Gasteiger partial charge on any atom is 0.137 e. The molecule has 0 unspecified atom stereocenters. The van der Waals surface area contributed by atoms with E-state index in [4.69, 9.17) is 0 Å². The van der Waals surface area contributed by atoms with E-state index in [0.717, 1.165) is 6.42 Å². The molecule has 0 aromatic carbocycles. The highest BCUT2D eigenvalue weighted by molar-refractivity contribution is 7.99. The first-order chi connectivity index (χ1) is 11.3. The number of hydrogen-bond acceptors (Lipinski definition) is 1. The summed E-state index contributed by atoms with van der Waals surface area (Å²) in [5, 5.41) is 0.398. The van der Waals surface area contributed by atoms with Gasteiger partial charge in [0.25, 0.3) is 0 Å². The minimum absolute atomic E-state index is 0.398. The van der Waals surface area contributed by atoms with Crippen LogP contribution in [0, 0.1) is 11.5 Å².